The molecule has 1 aromatic carbocycles. The molecule has 0 aromatic heterocycles. The topological polar surface area (TPSA) is 81.7 Å². The Morgan fingerprint density at radius 1 is 0.963 bits per heavy atom. The van der Waals surface area contributed by atoms with Crippen LogP contribution in [0.1, 0.15) is 64.7 Å². The summed E-state index contributed by atoms with van der Waals surface area (Å²) in [7, 11) is 0. The van der Waals surface area contributed by atoms with Crippen molar-refractivity contribution in [3.05, 3.63) is 29.8 Å². The fourth-order valence-corrected chi connectivity index (χ4v) is 2.26. The third kappa shape index (κ3) is 9.38. The van der Waals surface area contributed by atoms with Gasteiger partial charge in [0.25, 0.3) is 5.91 Å². The van der Waals surface area contributed by atoms with E-state index in [-0.39, 0.29) is 12.8 Å². The minimum atomic E-state index is -0.965. The smallest absolute Gasteiger partial charge is 0.329 e. The molecule has 0 saturated carbocycles. The highest BCUT2D eigenvalue weighted by Gasteiger charge is 2.28. The molecule has 1 atom stereocenters. The maximum atomic E-state index is 12.5. The lowest BCUT2D eigenvalue weighted by molar-refractivity contribution is -0.158. The van der Waals surface area contributed by atoms with Crippen molar-refractivity contribution in [2.75, 3.05) is 0 Å². The molecule has 0 bridgehead atoms. The van der Waals surface area contributed by atoms with Gasteiger partial charge in [-0.3, -0.25) is 9.59 Å². The quantitative estimate of drug-likeness (QED) is 0.590. The Labute approximate surface area is 166 Å². The second-order valence-electron chi connectivity index (χ2n) is 8.21. The highest BCUT2D eigenvalue weighted by molar-refractivity contribution is 7.58. The fourth-order valence-electron chi connectivity index (χ4n) is 2.12. The van der Waals surface area contributed by atoms with Crippen molar-refractivity contribution in [1.29, 1.82) is 0 Å². The van der Waals surface area contributed by atoms with E-state index in [0.29, 0.717) is 10.5 Å². The van der Waals surface area contributed by atoms with Crippen LogP contribution in [0.25, 0.3) is 0 Å². The molecule has 0 aliphatic carbocycles. The number of ether oxygens (including phenoxy) is 2. The molecule has 0 heterocycles. The van der Waals surface area contributed by atoms with Gasteiger partial charge in [-0.05, 0) is 48.0 Å². The molecule has 0 saturated heterocycles. The summed E-state index contributed by atoms with van der Waals surface area (Å²) in [6.45, 7) is 10.5. The first-order chi connectivity index (χ1) is 12.3. The van der Waals surface area contributed by atoms with Gasteiger partial charge in [0.2, 0.25) is 0 Å². The van der Waals surface area contributed by atoms with Crippen molar-refractivity contribution in [3.8, 4) is 0 Å². The van der Waals surface area contributed by atoms with Crippen LogP contribution in [-0.2, 0) is 31.7 Å². The van der Waals surface area contributed by atoms with Crippen LogP contribution in [0.3, 0.4) is 0 Å². The van der Waals surface area contributed by atoms with Crippen molar-refractivity contribution >= 4 is 30.5 Å². The summed E-state index contributed by atoms with van der Waals surface area (Å²) in [6.07, 6.45) is 0.0568. The van der Waals surface area contributed by atoms with Gasteiger partial charge in [0.1, 0.15) is 17.2 Å². The third-order valence-corrected chi connectivity index (χ3v) is 3.44. The van der Waals surface area contributed by atoms with E-state index in [0.717, 1.165) is 0 Å². The number of benzene rings is 1. The third-order valence-electron chi connectivity index (χ3n) is 3.17. The molecule has 6 nitrogen and oxygen atoms in total. The Morgan fingerprint density at radius 2 is 1.48 bits per heavy atom. The summed E-state index contributed by atoms with van der Waals surface area (Å²) >= 11 is 5.00. The molecule has 150 valence electrons. The van der Waals surface area contributed by atoms with E-state index in [1.54, 1.807) is 65.8 Å². The van der Waals surface area contributed by atoms with Crippen LogP contribution in [0.2, 0.25) is 0 Å². The number of rotatable bonds is 6. The van der Waals surface area contributed by atoms with Crippen LogP contribution in [0, 0.1) is 0 Å². The number of nitrogens with one attached hydrogen (secondary N) is 1. The standard InChI is InChI=1S/C20H29NO5S/c1-19(2,3)25-16(22)12-11-15(18(24)26-20(4,5)6)21-17(23)13-7-9-14(27)10-8-13/h7-10,15,27H,11-12H2,1-6H3,(H,21,23)/p-1/t15-/m0/s1. The minimum Gasteiger partial charge on any atom is -0.780 e. The van der Waals surface area contributed by atoms with E-state index < -0.39 is 35.1 Å². The normalized spacial score (nSPS) is 12.8. The minimum absolute atomic E-state index is 0.0213. The van der Waals surface area contributed by atoms with Gasteiger partial charge in [0.05, 0.1) is 0 Å². The number of carbonyl (C=O) groups excluding carboxylic acids is 3. The SMILES string of the molecule is CC(C)(C)OC(=O)CC[C@H](NC(=O)c1ccc([S-])cc1)C(=O)OC(C)(C)C. The molecule has 0 radical (unpaired) electrons. The fraction of sp³-hybridized carbons (Fsp3) is 0.550. The lowest BCUT2D eigenvalue weighted by Crippen LogP contribution is -2.44. The van der Waals surface area contributed by atoms with Gasteiger partial charge in [0, 0.05) is 12.0 Å². The van der Waals surface area contributed by atoms with E-state index in [4.69, 9.17) is 22.1 Å². The van der Waals surface area contributed by atoms with Crippen molar-refractivity contribution in [1.82, 2.24) is 5.32 Å². The van der Waals surface area contributed by atoms with Gasteiger partial charge in [-0.25, -0.2) is 4.79 Å². The lowest BCUT2D eigenvalue weighted by atomic mass is 10.1. The Hall–Kier alpha value is -2.15. The van der Waals surface area contributed by atoms with Crippen LogP contribution in [-0.4, -0.2) is 35.1 Å². The molecular formula is C20H28NO5S-. The number of hydrogen-bond donors (Lipinski definition) is 1. The molecule has 1 amide bonds. The van der Waals surface area contributed by atoms with Crippen molar-refractivity contribution < 1.29 is 23.9 Å². The number of hydrogen-bond acceptors (Lipinski definition) is 6. The number of carbonyl (C=O) groups is 3. The number of esters is 2. The van der Waals surface area contributed by atoms with Crippen molar-refractivity contribution in [2.45, 2.75) is 76.5 Å². The summed E-state index contributed by atoms with van der Waals surface area (Å²) in [5.41, 5.74) is -0.960. The van der Waals surface area contributed by atoms with Crippen LogP contribution in [0.4, 0.5) is 0 Å². The average Bonchev–Trinajstić information content (AvgIpc) is 2.48. The highest BCUT2D eigenvalue weighted by atomic mass is 32.1. The molecule has 1 aromatic rings. The van der Waals surface area contributed by atoms with Crippen molar-refractivity contribution in [3.63, 3.8) is 0 Å². The zero-order valence-electron chi connectivity index (χ0n) is 16.8. The molecule has 0 aliphatic heterocycles. The molecule has 0 aliphatic rings. The maximum Gasteiger partial charge on any atom is 0.329 e. The van der Waals surface area contributed by atoms with Crippen LogP contribution in [0.5, 0.6) is 0 Å². The van der Waals surface area contributed by atoms with Crippen LogP contribution >= 0.6 is 0 Å². The maximum absolute atomic E-state index is 12.5. The molecule has 0 fully saturated rings. The second kappa shape index (κ2) is 9.17. The Balaban J connectivity index is 2.84. The van der Waals surface area contributed by atoms with Gasteiger partial charge in [-0.2, -0.15) is 4.90 Å². The largest absolute Gasteiger partial charge is 0.780 e. The Bertz CT molecular complexity index is 671. The molecular weight excluding hydrogens is 366 g/mol. The van der Waals surface area contributed by atoms with Crippen molar-refractivity contribution in [2.24, 2.45) is 0 Å². The Kier molecular flexibility index (Phi) is 7.77. The Morgan fingerprint density at radius 3 is 1.96 bits per heavy atom. The van der Waals surface area contributed by atoms with E-state index in [2.05, 4.69) is 5.32 Å². The van der Waals surface area contributed by atoms with Gasteiger partial charge >= 0.3 is 11.9 Å². The summed E-state index contributed by atoms with van der Waals surface area (Å²) in [4.78, 5) is 37.5. The van der Waals surface area contributed by atoms with Gasteiger partial charge in [-0.1, -0.05) is 24.3 Å². The van der Waals surface area contributed by atoms with E-state index in [9.17, 15) is 14.4 Å². The first kappa shape index (κ1) is 22.9. The van der Waals surface area contributed by atoms with Gasteiger partial charge < -0.3 is 27.4 Å². The van der Waals surface area contributed by atoms with E-state index in [1.807, 2.05) is 0 Å². The van der Waals surface area contributed by atoms with Crippen LogP contribution < -0.4 is 5.32 Å². The second-order valence-corrected chi connectivity index (χ2v) is 8.68. The van der Waals surface area contributed by atoms with E-state index in [1.165, 1.54) is 0 Å². The predicted molar refractivity (Wildman–Crippen MR) is 104 cm³/mol. The lowest BCUT2D eigenvalue weighted by Gasteiger charge is -2.25. The summed E-state index contributed by atoms with van der Waals surface area (Å²) < 4.78 is 10.6. The van der Waals surface area contributed by atoms with Crippen LogP contribution in [0.15, 0.2) is 29.2 Å². The van der Waals surface area contributed by atoms with Gasteiger partial charge in [0.15, 0.2) is 0 Å². The van der Waals surface area contributed by atoms with E-state index >= 15 is 0 Å². The molecule has 0 unspecified atom stereocenters. The molecule has 1 N–H and O–H groups in total. The summed E-state index contributed by atoms with van der Waals surface area (Å²) in [6, 6.07) is 5.46. The summed E-state index contributed by atoms with van der Waals surface area (Å²) in [5.74, 6) is -1.48. The zero-order chi connectivity index (χ0) is 20.8. The number of amides is 1. The summed E-state index contributed by atoms with van der Waals surface area (Å²) in [5, 5.41) is 2.64. The molecule has 0 spiro atoms. The first-order valence-electron chi connectivity index (χ1n) is 8.79. The molecule has 1 rings (SSSR count). The monoisotopic (exact) mass is 394 g/mol. The predicted octanol–water partition coefficient (Wildman–Crippen LogP) is 3.15. The highest BCUT2D eigenvalue weighted by Crippen LogP contribution is 2.14. The zero-order valence-corrected chi connectivity index (χ0v) is 17.6. The molecule has 7 heteroatoms. The first-order valence-corrected chi connectivity index (χ1v) is 9.20. The van der Waals surface area contributed by atoms with Gasteiger partial charge in [-0.15, -0.1) is 0 Å². The average molecular weight is 395 g/mol. The molecule has 27 heavy (non-hydrogen) atoms.